The molecule has 2 aromatic heterocycles. The monoisotopic (exact) mass is 360 g/mol. The molecule has 25 heavy (non-hydrogen) atoms. The Bertz CT molecular complexity index is 846. The first kappa shape index (κ1) is 16.5. The molecule has 0 bridgehead atoms. The fraction of sp³-hybridized carbons (Fsp3) is 0.500. The van der Waals surface area contributed by atoms with E-state index >= 15 is 0 Å². The summed E-state index contributed by atoms with van der Waals surface area (Å²) < 4.78 is 0. The molecule has 0 aromatic carbocycles. The SMILES string of the molecule is CC1CCN1c1nc2ncc(C(=O)NC3CC(C)(O)C3)cc2cc1Cl. The molecule has 3 heterocycles. The van der Waals surface area contributed by atoms with Crippen LogP contribution in [0.15, 0.2) is 18.3 Å². The van der Waals surface area contributed by atoms with E-state index in [0.717, 1.165) is 24.2 Å². The van der Waals surface area contributed by atoms with Gasteiger partial charge in [-0.2, -0.15) is 0 Å². The molecular formula is C18H21ClN4O2. The van der Waals surface area contributed by atoms with Crippen molar-refractivity contribution in [3.8, 4) is 0 Å². The third-order valence-electron chi connectivity index (χ3n) is 5.16. The minimum atomic E-state index is -0.665. The van der Waals surface area contributed by atoms with Gasteiger partial charge in [0.15, 0.2) is 5.65 Å². The zero-order valence-corrected chi connectivity index (χ0v) is 15.0. The fourth-order valence-corrected chi connectivity index (χ4v) is 3.83. The molecule has 1 saturated carbocycles. The molecule has 2 fully saturated rings. The number of rotatable bonds is 3. The maximum Gasteiger partial charge on any atom is 0.253 e. The van der Waals surface area contributed by atoms with Crippen LogP contribution in [0.25, 0.3) is 11.0 Å². The van der Waals surface area contributed by atoms with Crippen molar-refractivity contribution in [2.75, 3.05) is 11.4 Å². The van der Waals surface area contributed by atoms with Crippen molar-refractivity contribution in [2.24, 2.45) is 0 Å². The molecule has 2 N–H and O–H groups in total. The number of aromatic nitrogens is 2. The minimum Gasteiger partial charge on any atom is -0.390 e. The Morgan fingerprint density at radius 1 is 1.44 bits per heavy atom. The highest BCUT2D eigenvalue weighted by Gasteiger charge is 2.39. The summed E-state index contributed by atoms with van der Waals surface area (Å²) in [4.78, 5) is 23.4. The first-order valence-corrected chi connectivity index (χ1v) is 8.96. The Hall–Kier alpha value is -1.92. The summed E-state index contributed by atoms with van der Waals surface area (Å²) in [6.07, 6.45) is 3.82. The number of anilines is 1. The lowest BCUT2D eigenvalue weighted by molar-refractivity contribution is -0.0366. The van der Waals surface area contributed by atoms with Crippen molar-refractivity contribution in [2.45, 2.75) is 50.8 Å². The molecule has 0 spiro atoms. The van der Waals surface area contributed by atoms with Gasteiger partial charge in [0.05, 0.1) is 16.2 Å². The standard InChI is InChI=1S/C18H21ClN4O2/c1-10-3-4-23(10)16-14(19)6-11-5-12(9-20-15(11)22-16)17(24)21-13-7-18(2,25)8-13/h5-6,9-10,13,25H,3-4,7-8H2,1-2H3,(H,21,24). The van der Waals surface area contributed by atoms with Crippen molar-refractivity contribution in [1.29, 1.82) is 0 Å². The Kier molecular flexibility index (Phi) is 3.85. The van der Waals surface area contributed by atoms with E-state index < -0.39 is 5.60 Å². The van der Waals surface area contributed by atoms with Crippen LogP contribution in [-0.4, -0.2) is 45.2 Å². The van der Waals surface area contributed by atoms with Crippen LogP contribution in [0.1, 0.15) is 43.5 Å². The summed E-state index contributed by atoms with van der Waals surface area (Å²) in [6, 6.07) is 4.03. The van der Waals surface area contributed by atoms with Crippen LogP contribution in [0.3, 0.4) is 0 Å². The Morgan fingerprint density at radius 3 is 2.80 bits per heavy atom. The summed E-state index contributed by atoms with van der Waals surface area (Å²) in [5.41, 5.74) is 0.394. The quantitative estimate of drug-likeness (QED) is 0.879. The predicted molar refractivity (Wildman–Crippen MR) is 97.1 cm³/mol. The van der Waals surface area contributed by atoms with Crippen LogP contribution in [0.2, 0.25) is 5.02 Å². The third-order valence-corrected chi connectivity index (χ3v) is 5.44. The van der Waals surface area contributed by atoms with Crippen molar-refractivity contribution >= 4 is 34.4 Å². The second kappa shape index (κ2) is 5.81. The molecule has 1 amide bonds. The van der Waals surface area contributed by atoms with Crippen molar-refractivity contribution in [3.05, 3.63) is 28.9 Å². The molecule has 2 aromatic rings. The number of pyridine rings is 2. The number of halogens is 1. The number of hydrogen-bond donors (Lipinski definition) is 2. The van der Waals surface area contributed by atoms with Crippen LogP contribution in [-0.2, 0) is 0 Å². The molecule has 4 rings (SSSR count). The van der Waals surface area contributed by atoms with Crippen LogP contribution >= 0.6 is 11.6 Å². The van der Waals surface area contributed by atoms with E-state index in [4.69, 9.17) is 11.6 Å². The van der Waals surface area contributed by atoms with E-state index in [1.807, 2.05) is 6.07 Å². The average molecular weight is 361 g/mol. The second-order valence-electron chi connectivity index (χ2n) is 7.47. The molecule has 0 radical (unpaired) electrons. The highest BCUT2D eigenvalue weighted by atomic mass is 35.5. The average Bonchev–Trinajstić information content (AvgIpc) is 2.51. The van der Waals surface area contributed by atoms with Crippen LogP contribution in [0, 0.1) is 0 Å². The number of hydrogen-bond acceptors (Lipinski definition) is 5. The highest BCUT2D eigenvalue weighted by molar-refractivity contribution is 6.33. The van der Waals surface area contributed by atoms with Gasteiger partial charge in [-0.3, -0.25) is 4.79 Å². The fourth-order valence-electron chi connectivity index (χ4n) is 3.56. The molecule has 7 heteroatoms. The van der Waals surface area contributed by atoms with E-state index in [2.05, 4.69) is 27.1 Å². The summed E-state index contributed by atoms with van der Waals surface area (Å²) in [5.74, 6) is 0.570. The second-order valence-corrected chi connectivity index (χ2v) is 7.88. The van der Waals surface area contributed by atoms with Gasteiger partial charge >= 0.3 is 0 Å². The zero-order chi connectivity index (χ0) is 17.8. The summed E-state index contributed by atoms with van der Waals surface area (Å²) in [7, 11) is 0. The number of fused-ring (bicyclic) bond motifs is 1. The Morgan fingerprint density at radius 2 is 2.20 bits per heavy atom. The highest BCUT2D eigenvalue weighted by Crippen LogP contribution is 2.33. The van der Waals surface area contributed by atoms with E-state index in [1.54, 1.807) is 19.2 Å². The minimum absolute atomic E-state index is 0.00944. The zero-order valence-electron chi connectivity index (χ0n) is 14.3. The smallest absolute Gasteiger partial charge is 0.253 e. The first-order chi connectivity index (χ1) is 11.8. The topological polar surface area (TPSA) is 78.4 Å². The van der Waals surface area contributed by atoms with Gasteiger partial charge in [0.1, 0.15) is 5.82 Å². The molecule has 132 valence electrons. The molecule has 2 aliphatic rings. The number of amides is 1. The van der Waals surface area contributed by atoms with Crippen LogP contribution < -0.4 is 10.2 Å². The van der Waals surface area contributed by atoms with E-state index in [0.29, 0.717) is 35.1 Å². The van der Waals surface area contributed by atoms with E-state index in [1.165, 1.54) is 0 Å². The van der Waals surface area contributed by atoms with Crippen LogP contribution in [0.5, 0.6) is 0 Å². The molecule has 1 unspecified atom stereocenters. The van der Waals surface area contributed by atoms with Crippen molar-refractivity contribution < 1.29 is 9.90 Å². The van der Waals surface area contributed by atoms with Gasteiger partial charge in [-0.15, -0.1) is 0 Å². The summed E-state index contributed by atoms with van der Waals surface area (Å²) >= 11 is 6.39. The maximum atomic E-state index is 12.4. The van der Waals surface area contributed by atoms with E-state index in [9.17, 15) is 9.90 Å². The van der Waals surface area contributed by atoms with Gasteiger partial charge < -0.3 is 15.3 Å². The molecule has 1 atom stereocenters. The van der Waals surface area contributed by atoms with E-state index in [-0.39, 0.29) is 11.9 Å². The van der Waals surface area contributed by atoms with Gasteiger partial charge in [0.2, 0.25) is 0 Å². The molecule has 1 aliphatic carbocycles. The summed E-state index contributed by atoms with van der Waals surface area (Å²) in [5, 5.41) is 14.0. The Labute approximate surface area is 151 Å². The van der Waals surface area contributed by atoms with Gasteiger partial charge in [-0.05, 0) is 45.2 Å². The lowest BCUT2D eigenvalue weighted by Crippen LogP contribution is -2.53. The van der Waals surface area contributed by atoms with Crippen molar-refractivity contribution in [3.63, 3.8) is 0 Å². The summed E-state index contributed by atoms with van der Waals surface area (Å²) in [6.45, 7) is 4.87. The lowest BCUT2D eigenvalue weighted by Gasteiger charge is -2.41. The predicted octanol–water partition coefficient (Wildman–Crippen LogP) is 2.53. The maximum absolute atomic E-state index is 12.4. The normalized spacial score (nSPS) is 28.4. The van der Waals surface area contributed by atoms with Gasteiger partial charge in [0.25, 0.3) is 5.91 Å². The lowest BCUT2D eigenvalue weighted by atomic mass is 9.77. The third kappa shape index (κ3) is 3.04. The number of carbonyl (C=O) groups is 1. The Balaban J connectivity index is 1.56. The number of aliphatic hydroxyl groups is 1. The molecular weight excluding hydrogens is 340 g/mol. The molecule has 6 nitrogen and oxygen atoms in total. The van der Waals surface area contributed by atoms with Gasteiger partial charge in [-0.25, -0.2) is 9.97 Å². The van der Waals surface area contributed by atoms with Gasteiger partial charge in [0, 0.05) is 30.2 Å². The number of carbonyl (C=O) groups excluding carboxylic acids is 1. The van der Waals surface area contributed by atoms with Crippen molar-refractivity contribution in [1.82, 2.24) is 15.3 Å². The number of nitrogens with zero attached hydrogens (tertiary/aromatic N) is 3. The molecule has 1 aliphatic heterocycles. The molecule has 1 saturated heterocycles. The first-order valence-electron chi connectivity index (χ1n) is 8.59. The van der Waals surface area contributed by atoms with Gasteiger partial charge in [-0.1, -0.05) is 11.6 Å². The number of nitrogens with one attached hydrogen (secondary N) is 1. The largest absolute Gasteiger partial charge is 0.390 e. The van der Waals surface area contributed by atoms with Crippen LogP contribution in [0.4, 0.5) is 5.82 Å².